The number of ether oxygens (including phenoxy) is 2. The molecule has 2 aliphatic rings. The summed E-state index contributed by atoms with van der Waals surface area (Å²) in [4.78, 5) is 2.76. The summed E-state index contributed by atoms with van der Waals surface area (Å²) in [6.07, 6.45) is -0.283. The first-order valence-electron chi connectivity index (χ1n) is 10.1. The third-order valence-electron chi connectivity index (χ3n) is 5.94. The molecule has 1 aliphatic heterocycles. The van der Waals surface area contributed by atoms with Crippen LogP contribution in [0.15, 0.2) is 24.3 Å². The topological polar surface area (TPSA) is 99.4 Å². The van der Waals surface area contributed by atoms with Gasteiger partial charge in [0.1, 0.15) is 36.3 Å². The minimum Gasteiger partial charge on any atom is -0.496 e. The van der Waals surface area contributed by atoms with Crippen molar-refractivity contribution in [3.8, 4) is 5.75 Å². The van der Waals surface area contributed by atoms with Gasteiger partial charge in [0, 0.05) is 16.2 Å². The largest absolute Gasteiger partial charge is 0.496 e. The van der Waals surface area contributed by atoms with E-state index in [0.29, 0.717) is 12.0 Å². The zero-order valence-corrected chi connectivity index (χ0v) is 17.3. The Morgan fingerprint density at radius 3 is 2.59 bits per heavy atom. The van der Waals surface area contributed by atoms with Crippen LogP contribution in [0.25, 0.3) is 0 Å². The molecular formula is C22H28O6S. The predicted octanol–water partition coefficient (Wildman–Crippen LogP) is 1.74. The van der Waals surface area contributed by atoms with Gasteiger partial charge in [-0.15, -0.1) is 11.3 Å². The van der Waals surface area contributed by atoms with Crippen molar-refractivity contribution >= 4 is 11.3 Å². The normalized spacial score (nSPS) is 29.5. The molecule has 5 atom stereocenters. The molecule has 0 saturated carbocycles. The fourth-order valence-corrected chi connectivity index (χ4v) is 5.60. The average Bonchev–Trinajstić information content (AvgIpc) is 3.14. The number of aliphatic hydroxyl groups is 4. The number of rotatable bonds is 5. The average molecular weight is 421 g/mol. The molecule has 2 aromatic rings. The Bertz CT molecular complexity index is 824. The van der Waals surface area contributed by atoms with Crippen LogP contribution in [0.1, 0.15) is 45.4 Å². The summed E-state index contributed by atoms with van der Waals surface area (Å²) in [6.45, 7) is -0.439. The van der Waals surface area contributed by atoms with Crippen molar-refractivity contribution in [2.24, 2.45) is 0 Å². The van der Waals surface area contributed by atoms with Crippen LogP contribution in [0.2, 0.25) is 0 Å². The molecule has 0 radical (unpaired) electrons. The van der Waals surface area contributed by atoms with E-state index < -0.39 is 37.1 Å². The van der Waals surface area contributed by atoms with Crippen LogP contribution in [-0.4, -0.2) is 58.6 Å². The van der Waals surface area contributed by atoms with Crippen molar-refractivity contribution in [1.82, 2.24) is 0 Å². The zero-order valence-electron chi connectivity index (χ0n) is 16.5. The van der Waals surface area contributed by atoms with Gasteiger partial charge >= 0.3 is 0 Å². The Morgan fingerprint density at radius 1 is 1.07 bits per heavy atom. The van der Waals surface area contributed by atoms with Gasteiger partial charge < -0.3 is 29.9 Å². The monoisotopic (exact) mass is 420 g/mol. The summed E-state index contributed by atoms with van der Waals surface area (Å²) in [5.74, 6) is 0.754. The SMILES string of the molecule is COc1ccc(C2OC(CO)[C@@H](O)C(O)[C@H]2O)cc1Cc1cc2c(s1)CCCC2. The van der Waals surface area contributed by atoms with Crippen LogP contribution in [0.5, 0.6) is 5.75 Å². The fraction of sp³-hybridized carbons (Fsp3) is 0.545. The summed E-state index contributed by atoms with van der Waals surface area (Å²) >= 11 is 1.85. The molecule has 0 bridgehead atoms. The van der Waals surface area contributed by atoms with E-state index >= 15 is 0 Å². The number of methoxy groups -OCH3 is 1. The van der Waals surface area contributed by atoms with Gasteiger partial charge in [-0.2, -0.15) is 0 Å². The summed E-state index contributed by atoms with van der Waals surface area (Å²) < 4.78 is 11.3. The van der Waals surface area contributed by atoms with Crippen molar-refractivity contribution in [2.45, 2.75) is 62.6 Å². The maximum atomic E-state index is 10.4. The molecule has 6 nitrogen and oxygen atoms in total. The molecule has 158 valence electrons. The highest BCUT2D eigenvalue weighted by Gasteiger charge is 2.44. The molecule has 2 heterocycles. The van der Waals surface area contributed by atoms with Crippen molar-refractivity contribution in [2.75, 3.05) is 13.7 Å². The lowest BCUT2D eigenvalue weighted by molar-refractivity contribution is -0.231. The van der Waals surface area contributed by atoms with Crippen LogP contribution in [0, 0.1) is 0 Å². The number of benzene rings is 1. The summed E-state index contributed by atoms with van der Waals surface area (Å²) in [5, 5.41) is 40.0. The highest BCUT2D eigenvalue weighted by Crippen LogP contribution is 2.36. The van der Waals surface area contributed by atoms with E-state index in [0.717, 1.165) is 24.2 Å². The number of hydrogen-bond acceptors (Lipinski definition) is 7. The van der Waals surface area contributed by atoms with Gasteiger partial charge in [-0.1, -0.05) is 6.07 Å². The minimum atomic E-state index is -1.39. The van der Waals surface area contributed by atoms with Crippen molar-refractivity contribution in [3.63, 3.8) is 0 Å². The van der Waals surface area contributed by atoms with Gasteiger partial charge in [-0.25, -0.2) is 0 Å². The van der Waals surface area contributed by atoms with E-state index in [-0.39, 0.29) is 0 Å². The number of aryl methyl sites for hydroxylation is 2. The molecule has 1 aliphatic carbocycles. The fourth-order valence-electron chi connectivity index (χ4n) is 4.32. The zero-order chi connectivity index (χ0) is 20.5. The van der Waals surface area contributed by atoms with Gasteiger partial charge in [-0.05, 0) is 60.6 Å². The Kier molecular flexibility index (Phi) is 6.24. The molecule has 3 unspecified atom stereocenters. The quantitative estimate of drug-likeness (QED) is 0.588. The third kappa shape index (κ3) is 4.08. The number of hydrogen-bond donors (Lipinski definition) is 4. The molecule has 4 N–H and O–H groups in total. The van der Waals surface area contributed by atoms with Crippen molar-refractivity contribution in [3.05, 3.63) is 50.7 Å². The second-order valence-electron chi connectivity index (χ2n) is 7.87. The van der Waals surface area contributed by atoms with E-state index in [1.165, 1.54) is 28.2 Å². The Morgan fingerprint density at radius 2 is 1.86 bits per heavy atom. The maximum absolute atomic E-state index is 10.4. The van der Waals surface area contributed by atoms with E-state index in [4.69, 9.17) is 9.47 Å². The lowest BCUT2D eigenvalue weighted by Crippen LogP contribution is -2.55. The van der Waals surface area contributed by atoms with Gasteiger partial charge in [0.2, 0.25) is 0 Å². The van der Waals surface area contributed by atoms with Crippen LogP contribution < -0.4 is 4.74 Å². The molecule has 7 heteroatoms. The Hall–Kier alpha value is -1.48. The first-order chi connectivity index (χ1) is 14.0. The van der Waals surface area contributed by atoms with Crippen molar-refractivity contribution < 1.29 is 29.9 Å². The molecule has 4 rings (SSSR count). The standard InChI is InChI=1S/C22H28O6S/c1-27-16-7-6-13(22-21(26)20(25)19(24)17(11-23)28-22)8-14(16)10-15-9-12-4-2-3-5-18(12)29-15/h6-9,17,19-26H,2-5,10-11H2,1H3/t17?,19-,20?,21-,22?/m1/s1. The summed E-state index contributed by atoms with van der Waals surface area (Å²) in [6, 6.07) is 7.83. The minimum absolute atomic E-state index is 0.439. The summed E-state index contributed by atoms with van der Waals surface area (Å²) in [5.41, 5.74) is 3.11. The molecular weight excluding hydrogens is 392 g/mol. The van der Waals surface area contributed by atoms with Gasteiger partial charge in [0.15, 0.2) is 0 Å². The van der Waals surface area contributed by atoms with E-state index in [1.807, 2.05) is 23.5 Å². The predicted molar refractivity (Wildman–Crippen MR) is 109 cm³/mol. The second kappa shape index (κ2) is 8.71. The van der Waals surface area contributed by atoms with Gasteiger partial charge in [0.05, 0.1) is 13.7 Å². The Balaban J connectivity index is 1.62. The highest BCUT2D eigenvalue weighted by atomic mass is 32.1. The van der Waals surface area contributed by atoms with Crippen molar-refractivity contribution in [1.29, 1.82) is 0 Å². The lowest BCUT2D eigenvalue weighted by Gasteiger charge is -2.40. The van der Waals surface area contributed by atoms with Crippen LogP contribution in [0.4, 0.5) is 0 Å². The number of fused-ring (bicyclic) bond motifs is 1. The van der Waals surface area contributed by atoms with E-state index in [9.17, 15) is 20.4 Å². The third-order valence-corrected chi connectivity index (χ3v) is 7.17. The first kappa shape index (κ1) is 20.8. The van der Waals surface area contributed by atoms with Crippen LogP contribution in [-0.2, 0) is 24.0 Å². The highest BCUT2D eigenvalue weighted by molar-refractivity contribution is 7.12. The molecule has 29 heavy (non-hydrogen) atoms. The van der Waals surface area contributed by atoms with E-state index in [1.54, 1.807) is 13.2 Å². The van der Waals surface area contributed by atoms with Gasteiger partial charge in [0.25, 0.3) is 0 Å². The molecule has 1 aromatic carbocycles. The maximum Gasteiger partial charge on any atom is 0.122 e. The Labute approximate surface area is 174 Å². The molecule has 1 saturated heterocycles. The van der Waals surface area contributed by atoms with Crippen LogP contribution >= 0.6 is 11.3 Å². The molecule has 1 aromatic heterocycles. The number of thiophene rings is 1. The summed E-state index contributed by atoms with van der Waals surface area (Å²) in [7, 11) is 1.63. The van der Waals surface area contributed by atoms with E-state index in [2.05, 4.69) is 6.07 Å². The molecule has 0 amide bonds. The van der Waals surface area contributed by atoms with Gasteiger partial charge in [-0.3, -0.25) is 0 Å². The second-order valence-corrected chi connectivity index (χ2v) is 9.09. The number of aliphatic hydroxyl groups excluding tert-OH is 4. The smallest absolute Gasteiger partial charge is 0.122 e. The molecule has 0 spiro atoms. The van der Waals surface area contributed by atoms with Crippen LogP contribution in [0.3, 0.4) is 0 Å². The first-order valence-corrected chi connectivity index (χ1v) is 10.9. The lowest BCUT2D eigenvalue weighted by atomic mass is 9.90. The molecule has 1 fully saturated rings.